The lowest BCUT2D eigenvalue weighted by atomic mass is 10.2. The Kier molecular flexibility index (Phi) is 6.57. The Morgan fingerprint density at radius 1 is 1.12 bits per heavy atom. The van der Waals surface area contributed by atoms with Crippen LogP contribution in [0, 0.1) is 0 Å². The van der Waals surface area contributed by atoms with E-state index in [0.717, 1.165) is 5.69 Å². The van der Waals surface area contributed by atoms with E-state index < -0.39 is 6.61 Å². The molecule has 0 fully saturated rings. The molecule has 24 heavy (non-hydrogen) atoms. The molecule has 0 aromatic heterocycles. The van der Waals surface area contributed by atoms with Crippen LogP contribution in [-0.4, -0.2) is 18.3 Å². The smallest absolute Gasteiger partial charge is 0.387 e. The minimum Gasteiger partial charge on any atom is -0.490 e. The maximum Gasteiger partial charge on any atom is 0.387 e. The average Bonchev–Trinajstić information content (AvgIpc) is 2.49. The van der Waals surface area contributed by atoms with Crippen molar-refractivity contribution in [2.24, 2.45) is 0 Å². The predicted octanol–water partition coefficient (Wildman–Crippen LogP) is 5.15. The molecule has 0 aliphatic heterocycles. The van der Waals surface area contributed by atoms with Crippen LogP contribution in [0.4, 0.5) is 20.2 Å². The van der Waals surface area contributed by atoms with Crippen LogP contribution in [0.5, 0.6) is 11.5 Å². The van der Waals surface area contributed by atoms with E-state index in [9.17, 15) is 8.78 Å². The molecule has 0 unspecified atom stereocenters. The summed E-state index contributed by atoms with van der Waals surface area (Å²) in [5.74, 6) is 0.166. The zero-order valence-electron chi connectivity index (χ0n) is 12.7. The Balaban J connectivity index is 2.08. The van der Waals surface area contributed by atoms with Gasteiger partial charge in [0.1, 0.15) is 0 Å². The van der Waals surface area contributed by atoms with Gasteiger partial charge in [0.15, 0.2) is 16.6 Å². The van der Waals surface area contributed by atoms with Crippen molar-refractivity contribution >= 4 is 40.3 Å². The van der Waals surface area contributed by atoms with Crippen molar-refractivity contribution in [3.05, 3.63) is 47.5 Å². The zero-order chi connectivity index (χ0) is 17.5. The Hall–Kier alpha value is -2.12. The average molecular weight is 373 g/mol. The lowest BCUT2D eigenvalue weighted by molar-refractivity contribution is -0.0514. The molecule has 2 aromatic carbocycles. The molecule has 0 radical (unpaired) electrons. The van der Waals surface area contributed by atoms with E-state index in [0.29, 0.717) is 22.4 Å². The molecule has 0 saturated heterocycles. The molecule has 0 bridgehead atoms. The van der Waals surface area contributed by atoms with E-state index in [1.807, 2.05) is 6.07 Å². The number of ether oxygens (including phenoxy) is 2. The van der Waals surface area contributed by atoms with Crippen molar-refractivity contribution in [1.82, 2.24) is 0 Å². The largest absolute Gasteiger partial charge is 0.490 e. The highest BCUT2D eigenvalue weighted by atomic mass is 35.5. The molecule has 128 valence electrons. The SMILES string of the molecule is CCOc1cc(NC(=S)Nc2cccc(Cl)c2)ccc1OC(F)F. The van der Waals surface area contributed by atoms with Crippen LogP contribution in [0.15, 0.2) is 42.5 Å². The number of benzene rings is 2. The van der Waals surface area contributed by atoms with Crippen LogP contribution in [0.3, 0.4) is 0 Å². The first-order chi connectivity index (χ1) is 11.5. The summed E-state index contributed by atoms with van der Waals surface area (Å²) in [6, 6.07) is 11.6. The van der Waals surface area contributed by atoms with Crippen LogP contribution < -0.4 is 20.1 Å². The van der Waals surface area contributed by atoms with Gasteiger partial charge >= 0.3 is 6.61 Å². The molecule has 0 spiro atoms. The van der Waals surface area contributed by atoms with E-state index >= 15 is 0 Å². The lowest BCUT2D eigenvalue weighted by Gasteiger charge is -2.15. The van der Waals surface area contributed by atoms with Crippen molar-refractivity contribution in [3.8, 4) is 11.5 Å². The minimum absolute atomic E-state index is 0.0360. The van der Waals surface area contributed by atoms with E-state index in [-0.39, 0.29) is 11.5 Å². The molecular formula is C16H15ClF2N2O2S. The molecule has 2 N–H and O–H groups in total. The van der Waals surface area contributed by atoms with Crippen LogP contribution >= 0.6 is 23.8 Å². The van der Waals surface area contributed by atoms with Crippen molar-refractivity contribution < 1.29 is 18.3 Å². The van der Waals surface area contributed by atoms with E-state index in [4.69, 9.17) is 28.6 Å². The van der Waals surface area contributed by atoms with Gasteiger partial charge in [0.25, 0.3) is 0 Å². The highest BCUT2D eigenvalue weighted by Gasteiger charge is 2.12. The molecular weight excluding hydrogens is 358 g/mol. The second-order valence-corrected chi connectivity index (χ2v) is 5.41. The Labute approximate surface area is 148 Å². The highest BCUT2D eigenvalue weighted by molar-refractivity contribution is 7.80. The van der Waals surface area contributed by atoms with Gasteiger partial charge in [0, 0.05) is 22.5 Å². The van der Waals surface area contributed by atoms with Gasteiger partial charge < -0.3 is 20.1 Å². The molecule has 2 aromatic rings. The van der Waals surface area contributed by atoms with Crippen molar-refractivity contribution in [1.29, 1.82) is 0 Å². The van der Waals surface area contributed by atoms with Gasteiger partial charge in [-0.2, -0.15) is 8.78 Å². The van der Waals surface area contributed by atoms with Gasteiger partial charge in [0.05, 0.1) is 6.61 Å². The molecule has 0 saturated carbocycles. The fourth-order valence-corrected chi connectivity index (χ4v) is 2.33. The zero-order valence-corrected chi connectivity index (χ0v) is 14.3. The topological polar surface area (TPSA) is 42.5 Å². The number of anilines is 2. The molecule has 0 aliphatic carbocycles. The first-order valence-electron chi connectivity index (χ1n) is 7.03. The van der Waals surface area contributed by atoms with Gasteiger partial charge in [-0.15, -0.1) is 0 Å². The standard InChI is InChI=1S/C16H15ClF2N2O2S/c1-2-22-14-9-12(6-7-13(14)23-15(18)19)21-16(24)20-11-5-3-4-10(17)8-11/h3-9,15H,2H2,1H3,(H2,20,21,24). The van der Waals surface area contributed by atoms with Crippen LogP contribution in [0.1, 0.15) is 6.92 Å². The summed E-state index contributed by atoms with van der Waals surface area (Å²) in [5, 5.41) is 6.82. The molecule has 0 aliphatic rings. The fourth-order valence-electron chi connectivity index (χ4n) is 1.91. The lowest BCUT2D eigenvalue weighted by Crippen LogP contribution is -2.19. The summed E-state index contributed by atoms with van der Waals surface area (Å²) in [4.78, 5) is 0. The fraction of sp³-hybridized carbons (Fsp3) is 0.188. The monoisotopic (exact) mass is 372 g/mol. The Morgan fingerprint density at radius 3 is 2.46 bits per heavy atom. The maximum atomic E-state index is 12.4. The van der Waals surface area contributed by atoms with Crippen molar-refractivity contribution in [3.63, 3.8) is 0 Å². The Bertz CT molecular complexity index is 716. The summed E-state index contributed by atoms with van der Waals surface area (Å²) >= 11 is 11.1. The maximum absolute atomic E-state index is 12.4. The third-order valence-electron chi connectivity index (χ3n) is 2.80. The number of hydrogen-bond acceptors (Lipinski definition) is 3. The number of hydrogen-bond donors (Lipinski definition) is 2. The normalized spacial score (nSPS) is 10.4. The highest BCUT2D eigenvalue weighted by Crippen LogP contribution is 2.31. The summed E-state index contributed by atoms with van der Waals surface area (Å²) in [5.41, 5.74) is 1.29. The predicted molar refractivity (Wildman–Crippen MR) is 95.5 cm³/mol. The van der Waals surface area contributed by atoms with Crippen molar-refractivity contribution in [2.45, 2.75) is 13.5 Å². The first kappa shape index (κ1) is 18.2. The van der Waals surface area contributed by atoms with Crippen LogP contribution in [0.25, 0.3) is 0 Å². The summed E-state index contributed by atoms with van der Waals surface area (Å²) in [6.07, 6.45) is 0. The second-order valence-electron chi connectivity index (χ2n) is 4.56. The summed E-state index contributed by atoms with van der Waals surface area (Å²) in [6.45, 7) is -0.861. The first-order valence-corrected chi connectivity index (χ1v) is 7.81. The van der Waals surface area contributed by atoms with Gasteiger partial charge in [-0.1, -0.05) is 17.7 Å². The van der Waals surface area contributed by atoms with E-state index in [1.54, 1.807) is 31.2 Å². The van der Waals surface area contributed by atoms with Gasteiger partial charge in [-0.25, -0.2) is 0 Å². The quantitative estimate of drug-likeness (QED) is 0.686. The number of thiocarbonyl (C=S) groups is 1. The third-order valence-corrected chi connectivity index (χ3v) is 3.24. The molecule has 0 heterocycles. The second kappa shape index (κ2) is 8.65. The Morgan fingerprint density at radius 2 is 1.83 bits per heavy atom. The minimum atomic E-state index is -2.92. The van der Waals surface area contributed by atoms with Gasteiger partial charge in [0.2, 0.25) is 0 Å². The number of nitrogens with one attached hydrogen (secondary N) is 2. The molecule has 8 heteroatoms. The van der Waals surface area contributed by atoms with E-state index in [2.05, 4.69) is 15.4 Å². The number of halogens is 3. The summed E-state index contributed by atoms with van der Waals surface area (Å²) < 4.78 is 34.5. The number of alkyl halides is 2. The van der Waals surface area contributed by atoms with Crippen LogP contribution in [-0.2, 0) is 0 Å². The van der Waals surface area contributed by atoms with Crippen molar-refractivity contribution in [2.75, 3.05) is 17.2 Å². The number of rotatable bonds is 6. The molecule has 0 amide bonds. The third kappa shape index (κ3) is 5.50. The molecule has 0 atom stereocenters. The van der Waals surface area contributed by atoms with E-state index in [1.165, 1.54) is 12.1 Å². The summed E-state index contributed by atoms with van der Waals surface area (Å²) in [7, 11) is 0. The van der Waals surface area contributed by atoms with Gasteiger partial charge in [-0.3, -0.25) is 0 Å². The molecule has 4 nitrogen and oxygen atoms in total. The molecule has 2 rings (SSSR count). The van der Waals surface area contributed by atoms with Gasteiger partial charge in [-0.05, 0) is 49.5 Å². The van der Waals surface area contributed by atoms with Crippen LogP contribution in [0.2, 0.25) is 5.02 Å².